The molecule has 0 amide bonds. The van der Waals surface area contributed by atoms with Crippen LogP contribution in [0.3, 0.4) is 0 Å². The summed E-state index contributed by atoms with van der Waals surface area (Å²) in [6.07, 6.45) is 0. The van der Waals surface area contributed by atoms with E-state index < -0.39 is 33.7 Å². The highest BCUT2D eigenvalue weighted by Crippen LogP contribution is 2.36. The van der Waals surface area contributed by atoms with Crippen molar-refractivity contribution in [3.05, 3.63) is 62.9 Å². The summed E-state index contributed by atoms with van der Waals surface area (Å²) in [5, 5.41) is 19.8. The fraction of sp³-hybridized carbons (Fsp3) is 0. The Bertz CT molecular complexity index is 734. The van der Waals surface area contributed by atoms with Crippen LogP contribution in [0.4, 0.5) is 10.1 Å². The molecule has 0 saturated carbocycles. The molecule has 0 atom stereocenters. The first kappa shape index (κ1) is 14.7. The number of rotatable bonds is 4. The van der Waals surface area contributed by atoms with Crippen LogP contribution in [0, 0.1) is 15.9 Å². The van der Waals surface area contributed by atoms with Crippen LogP contribution in [0.25, 0.3) is 0 Å². The zero-order chi connectivity index (χ0) is 15.6. The summed E-state index contributed by atoms with van der Waals surface area (Å²) in [6.45, 7) is 0. The lowest BCUT2D eigenvalue weighted by molar-refractivity contribution is -0.385. The second kappa shape index (κ2) is 5.76. The summed E-state index contributed by atoms with van der Waals surface area (Å²) < 4.78 is 18.8. The average molecular weight is 312 g/mol. The first-order valence-corrected chi connectivity index (χ1v) is 5.92. The van der Waals surface area contributed by atoms with Gasteiger partial charge in [0.25, 0.3) is 0 Å². The lowest BCUT2D eigenvalue weighted by atomic mass is 10.2. The summed E-state index contributed by atoms with van der Waals surface area (Å²) in [6, 6.07) is 7.09. The van der Waals surface area contributed by atoms with E-state index in [0.717, 1.165) is 18.2 Å². The Morgan fingerprint density at radius 2 is 1.95 bits per heavy atom. The Balaban J connectivity index is 2.56. The van der Waals surface area contributed by atoms with Gasteiger partial charge < -0.3 is 9.84 Å². The zero-order valence-electron chi connectivity index (χ0n) is 10.2. The minimum Gasteiger partial charge on any atom is -0.478 e. The molecular formula is C13H7ClFNO5. The average Bonchev–Trinajstić information content (AvgIpc) is 2.40. The quantitative estimate of drug-likeness (QED) is 0.683. The van der Waals surface area contributed by atoms with Gasteiger partial charge >= 0.3 is 11.7 Å². The number of hydrogen-bond donors (Lipinski definition) is 1. The van der Waals surface area contributed by atoms with Crippen molar-refractivity contribution in [2.45, 2.75) is 0 Å². The van der Waals surface area contributed by atoms with Gasteiger partial charge in [-0.15, -0.1) is 0 Å². The van der Waals surface area contributed by atoms with Crippen LogP contribution in [0.1, 0.15) is 10.4 Å². The molecule has 0 radical (unpaired) electrons. The molecular weight excluding hydrogens is 305 g/mol. The van der Waals surface area contributed by atoms with Gasteiger partial charge in [-0.3, -0.25) is 10.1 Å². The molecule has 0 aliphatic rings. The maximum atomic E-state index is 13.7. The number of halogens is 2. The molecule has 0 spiro atoms. The minimum absolute atomic E-state index is 0.126. The van der Waals surface area contributed by atoms with Crippen molar-refractivity contribution < 1.29 is 24.0 Å². The van der Waals surface area contributed by atoms with E-state index in [4.69, 9.17) is 21.4 Å². The summed E-state index contributed by atoms with van der Waals surface area (Å²) in [5.74, 6) is -3.34. The van der Waals surface area contributed by atoms with E-state index in [2.05, 4.69) is 0 Å². The molecule has 0 heterocycles. The number of aromatic carboxylic acids is 1. The number of para-hydroxylation sites is 1. The van der Waals surface area contributed by atoms with Gasteiger partial charge in [-0.05, 0) is 18.2 Å². The topological polar surface area (TPSA) is 89.7 Å². The third-order valence-corrected chi connectivity index (χ3v) is 2.86. The summed E-state index contributed by atoms with van der Waals surface area (Å²) in [4.78, 5) is 21.2. The molecule has 8 heteroatoms. The van der Waals surface area contributed by atoms with Gasteiger partial charge in [-0.1, -0.05) is 23.7 Å². The summed E-state index contributed by atoms with van der Waals surface area (Å²) >= 11 is 5.74. The molecule has 1 N–H and O–H groups in total. The predicted molar refractivity (Wildman–Crippen MR) is 71.5 cm³/mol. The highest BCUT2D eigenvalue weighted by atomic mass is 35.5. The van der Waals surface area contributed by atoms with Crippen LogP contribution in [-0.2, 0) is 0 Å². The lowest BCUT2D eigenvalue weighted by Crippen LogP contribution is -2.03. The monoisotopic (exact) mass is 311 g/mol. The molecule has 0 aliphatic heterocycles. The lowest BCUT2D eigenvalue weighted by Gasteiger charge is -2.10. The second-order valence-electron chi connectivity index (χ2n) is 3.87. The van der Waals surface area contributed by atoms with Crippen molar-refractivity contribution in [1.29, 1.82) is 0 Å². The number of hydrogen-bond acceptors (Lipinski definition) is 4. The van der Waals surface area contributed by atoms with Crippen molar-refractivity contribution in [3.63, 3.8) is 0 Å². The van der Waals surface area contributed by atoms with Crippen LogP contribution < -0.4 is 4.74 Å². The van der Waals surface area contributed by atoms with Crippen LogP contribution >= 0.6 is 11.6 Å². The number of carboxylic acids is 1. The van der Waals surface area contributed by atoms with Gasteiger partial charge in [0.05, 0.1) is 9.95 Å². The number of ether oxygens (including phenoxy) is 1. The first-order chi connectivity index (χ1) is 9.91. The van der Waals surface area contributed by atoms with E-state index in [1.807, 2.05) is 0 Å². The molecule has 108 valence electrons. The molecule has 2 rings (SSSR count). The Kier molecular flexibility index (Phi) is 4.04. The second-order valence-corrected chi connectivity index (χ2v) is 4.27. The standard InChI is InChI=1S/C13H7ClFNO5/c14-7-3-1-6-10(11(7)13(17)18)21-12-8(15)4-2-5-9(12)16(19)20/h1-6H,(H,17,18). The SMILES string of the molecule is O=C(O)c1c(Cl)cccc1Oc1c(F)cccc1[N+](=O)[O-]. The molecule has 0 aromatic heterocycles. The van der Waals surface area contributed by atoms with Crippen LogP contribution in [-0.4, -0.2) is 16.0 Å². The van der Waals surface area contributed by atoms with Gasteiger partial charge in [0.2, 0.25) is 5.75 Å². The van der Waals surface area contributed by atoms with Crippen molar-refractivity contribution >= 4 is 23.3 Å². The summed E-state index contributed by atoms with van der Waals surface area (Å²) in [7, 11) is 0. The van der Waals surface area contributed by atoms with Gasteiger partial charge in [-0.2, -0.15) is 0 Å². The number of nitro benzene ring substituents is 1. The normalized spacial score (nSPS) is 10.2. The smallest absolute Gasteiger partial charge is 0.341 e. The summed E-state index contributed by atoms with van der Waals surface area (Å²) in [5.41, 5.74) is -1.02. The van der Waals surface area contributed by atoms with E-state index in [0.29, 0.717) is 0 Å². The largest absolute Gasteiger partial charge is 0.478 e. The number of nitro groups is 1. The van der Waals surface area contributed by atoms with E-state index in [9.17, 15) is 19.3 Å². The first-order valence-electron chi connectivity index (χ1n) is 5.54. The molecule has 2 aromatic rings. The van der Waals surface area contributed by atoms with Gasteiger partial charge in [0.15, 0.2) is 5.82 Å². The van der Waals surface area contributed by atoms with E-state index >= 15 is 0 Å². The van der Waals surface area contributed by atoms with Crippen LogP contribution in [0.5, 0.6) is 11.5 Å². The van der Waals surface area contributed by atoms with Crippen molar-refractivity contribution in [3.8, 4) is 11.5 Å². The maximum absolute atomic E-state index is 13.7. The molecule has 0 fully saturated rings. The van der Waals surface area contributed by atoms with Gasteiger partial charge in [0.1, 0.15) is 11.3 Å². The molecule has 6 nitrogen and oxygen atoms in total. The molecule has 0 bridgehead atoms. The van der Waals surface area contributed by atoms with Crippen molar-refractivity contribution in [2.75, 3.05) is 0 Å². The number of carboxylic acid groups (broad SMARTS) is 1. The highest BCUT2D eigenvalue weighted by Gasteiger charge is 2.23. The van der Waals surface area contributed by atoms with E-state index in [-0.39, 0.29) is 10.8 Å². The fourth-order valence-corrected chi connectivity index (χ4v) is 1.90. The molecule has 0 unspecified atom stereocenters. The third-order valence-electron chi connectivity index (χ3n) is 2.54. The highest BCUT2D eigenvalue weighted by molar-refractivity contribution is 6.33. The van der Waals surface area contributed by atoms with E-state index in [1.54, 1.807) is 0 Å². The molecule has 21 heavy (non-hydrogen) atoms. The predicted octanol–water partition coefficient (Wildman–Crippen LogP) is 3.88. The Labute approximate surface area is 122 Å². The molecule has 0 saturated heterocycles. The maximum Gasteiger partial charge on any atom is 0.341 e. The Morgan fingerprint density at radius 1 is 1.29 bits per heavy atom. The van der Waals surface area contributed by atoms with E-state index in [1.165, 1.54) is 18.2 Å². The van der Waals surface area contributed by atoms with Gasteiger partial charge in [0, 0.05) is 6.07 Å². The Hall–Kier alpha value is -2.67. The number of benzene rings is 2. The third kappa shape index (κ3) is 2.92. The number of nitrogens with zero attached hydrogens (tertiary/aromatic N) is 1. The van der Waals surface area contributed by atoms with Crippen LogP contribution in [0.15, 0.2) is 36.4 Å². The fourth-order valence-electron chi connectivity index (χ4n) is 1.65. The molecule has 0 aliphatic carbocycles. The van der Waals surface area contributed by atoms with Crippen molar-refractivity contribution in [1.82, 2.24) is 0 Å². The van der Waals surface area contributed by atoms with Crippen LogP contribution in [0.2, 0.25) is 5.02 Å². The molecule has 2 aromatic carbocycles. The minimum atomic E-state index is -1.39. The number of carbonyl (C=O) groups is 1. The Morgan fingerprint density at radius 3 is 2.57 bits per heavy atom. The van der Waals surface area contributed by atoms with Gasteiger partial charge in [-0.25, -0.2) is 9.18 Å². The van der Waals surface area contributed by atoms with Crippen molar-refractivity contribution in [2.24, 2.45) is 0 Å². The zero-order valence-corrected chi connectivity index (χ0v) is 11.0.